The number of methoxy groups -OCH3 is 1. The Hall–Kier alpha value is -2.82. The molecular weight excluding hydrogens is 400 g/mol. The highest BCUT2D eigenvalue weighted by Crippen LogP contribution is 2.34. The van der Waals surface area contributed by atoms with Crippen molar-refractivity contribution in [2.75, 3.05) is 7.11 Å². The van der Waals surface area contributed by atoms with Crippen LogP contribution in [0.15, 0.2) is 48.5 Å². The standard InChI is InChI=1S/C27H34N2O3/c1-27(26(31)28-22-14-6-4-3-5-7-15-22)18-20-12-8-10-16-23(20)25(30)29(27)19-21-13-9-11-17-24(21)32-2/h8-13,16-17,22H,3-7,14-15,18-19H2,1-2H3,(H,28,31). The molecule has 5 heteroatoms. The summed E-state index contributed by atoms with van der Waals surface area (Å²) in [6.45, 7) is 2.24. The molecule has 1 aliphatic heterocycles. The number of carbonyl (C=O) groups is 2. The van der Waals surface area contributed by atoms with Gasteiger partial charge >= 0.3 is 0 Å². The summed E-state index contributed by atoms with van der Waals surface area (Å²) in [4.78, 5) is 29.1. The van der Waals surface area contributed by atoms with Gasteiger partial charge in [-0.05, 0) is 37.5 Å². The normalized spacial score (nSPS) is 21.9. The third kappa shape index (κ3) is 4.52. The maximum Gasteiger partial charge on any atom is 0.255 e. The van der Waals surface area contributed by atoms with Crippen LogP contribution < -0.4 is 10.1 Å². The highest BCUT2D eigenvalue weighted by Gasteiger charge is 2.47. The average Bonchev–Trinajstić information content (AvgIpc) is 2.78. The van der Waals surface area contributed by atoms with Gasteiger partial charge in [-0.25, -0.2) is 0 Å². The van der Waals surface area contributed by atoms with E-state index in [1.807, 2.05) is 55.5 Å². The fourth-order valence-corrected chi connectivity index (χ4v) is 5.11. The van der Waals surface area contributed by atoms with Gasteiger partial charge in [-0.1, -0.05) is 68.5 Å². The van der Waals surface area contributed by atoms with Crippen molar-refractivity contribution < 1.29 is 14.3 Å². The molecule has 1 heterocycles. The molecule has 4 rings (SSSR count). The van der Waals surface area contributed by atoms with E-state index in [1.54, 1.807) is 12.0 Å². The first kappa shape index (κ1) is 22.4. The van der Waals surface area contributed by atoms with Crippen LogP contribution in [0, 0.1) is 0 Å². The molecule has 1 atom stereocenters. The Kier molecular flexibility index (Phi) is 6.83. The van der Waals surface area contributed by atoms with Gasteiger partial charge in [0, 0.05) is 23.6 Å². The molecule has 170 valence electrons. The first-order valence-electron chi connectivity index (χ1n) is 11.9. The Morgan fingerprint density at radius 1 is 1.03 bits per heavy atom. The van der Waals surface area contributed by atoms with Gasteiger partial charge in [0.2, 0.25) is 5.91 Å². The van der Waals surface area contributed by atoms with Crippen LogP contribution in [-0.4, -0.2) is 35.4 Å². The lowest BCUT2D eigenvalue weighted by Crippen LogP contribution is -2.63. The van der Waals surface area contributed by atoms with Crippen molar-refractivity contribution in [3.05, 3.63) is 65.2 Å². The number of hydrogen-bond acceptors (Lipinski definition) is 3. The fraction of sp³-hybridized carbons (Fsp3) is 0.481. The summed E-state index contributed by atoms with van der Waals surface area (Å²) in [7, 11) is 1.63. The Balaban J connectivity index is 1.65. The van der Waals surface area contributed by atoms with Crippen LogP contribution in [0.4, 0.5) is 0 Å². The number of rotatable bonds is 5. The quantitative estimate of drug-likeness (QED) is 0.730. The Morgan fingerprint density at radius 3 is 2.44 bits per heavy atom. The van der Waals surface area contributed by atoms with E-state index >= 15 is 0 Å². The van der Waals surface area contributed by atoms with Crippen molar-refractivity contribution in [1.82, 2.24) is 10.2 Å². The van der Waals surface area contributed by atoms with E-state index in [4.69, 9.17) is 4.74 Å². The lowest BCUT2D eigenvalue weighted by atomic mass is 9.82. The topological polar surface area (TPSA) is 58.6 Å². The Labute approximate surface area is 191 Å². The lowest BCUT2D eigenvalue weighted by molar-refractivity contribution is -0.132. The molecule has 0 aromatic heterocycles. The maximum absolute atomic E-state index is 13.8. The highest BCUT2D eigenvalue weighted by molar-refractivity contribution is 6.02. The SMILES string of the molecule is COc1ccccc1CN1C(=O)c2ccccc2CC1(C)C(=O)NC1CCCCCCC1. The number of ether oxygens (including phenoxy) is 1. The van der Waals surface area contributed by atoms with Crippen LogP contribution in [0.2, 0.25) is 0 Å². The van der Waals surface area contributed by atoms with E-state index < -0.39 is 5.54 Å². The van der Waals surface area contributed by atoms with Crippen LogP contribution in [0.5, 0.6) is 5.75 Å². The third-order valence-corrected chi connectivity index (χ3v) is 7.07. The first-order valence-corrected chi connectivity index (χ1v) is 11.9. The van der Waals surface area contributed by atoms with Crippen LogP contribution >= 0.6 is 0 Å². The zero-order valence-electron chi connectivity index (χ0n) is 19.2. The molecule has 2 aliphatic rings. The van der Waals surface area contributed by atoms with Gasteiger partial charge in [0.25, 0.3) is 5.91 Å². The van der Waals surface area contributed by atoms with Crippen molar-refractivity contribution in [3.8, 4) is 5.75 Å². The van der Waals surface area contributed by atoms with E-state index in [9.17, 15) is 9.59 Å². The van der Waals surface area contributed by atoms with Crippen LogP contribution in [0.3, 0.4) is 0 Å². The minimum atomic E-state index is -0.964. The van der Waals surface area contributed by atoms with E-state index in [0.717, 1.165) is 42.6 Å². The Bertz CT molecular complexity index is 965. The van der Waals surface area contributed by atoms with Crippen LogP contribution in [0.1, 0.15) is 73.4 Å². The van der Waals surface area contributed by atoms with Crippen LogP contribution in [0.25, 0.3) is 0 Å². The predicted molar refractivity (Wildman–Crippen MR) is 126 cm³/mol. The molecule has 2 amide bonds. The molecule has 32 heavy (non-hydrogen) atoms. The van der Waals surface area contributed by atoms with E-state index in [-0.39, 0.29) is 17.9 Å². The predicted octanol–water partition coefficient (Wildman–Crippen LogP) is 4.88. The number of nitrogens with zero attached hydrogens (tertiary/aromatic N) is 1. The zero-order chi connectivity index (χ0) is 22.6. The van der Waals surface area contributed by atoms with E-state index in [1.165, 1.54) is 19.3 Å². The first-order chi connectivity index (χ1) is 15.5. The molecule has 0 bridgehead atoms. The molecule has 1 unspecified atom stereocenters. The fourth-order valence-electron chi connectivity index (χ4n) is 5.11. The third-order valence-electron chi connectivity index (χ3n) is 7.07. The van der Waals surface area contributed by atoms with Gasteiger partial charge in [0.05, 0.1) is 13.7 Å². The van der Waals surface area contributed by atoms with Gasteiger partial charge in [-0.3, -0.25) is 9.59 Å². The summed E-state index contributed by atoms with van der Waals surface area (Å²) in [6, 6.07) is 15.5. The summed E-state index contributed by atoms with van der Waals surface area (Å²) < 4.78 is 5.53. The molecule has 2 aromatic rings. The number of amides is 2. The molecule has 5 nitrogen and oxygen atoms in total. The van der Waals surface area contributed by atoms with Gasteiger partial charge in [-0.2, -0.15) is 0 Å². The molecular formula is C27H34N2O3. The molecule has 0 spiro atoms. The van der Waals surface area contributed by atoms with Gasteiger partial charge in [0.15, 0.2) is 0 Å². The monoisotopic (exact) mass is 434 g/mol. The highest BCUT2D eigenvalue weighted by atomic mass is 16.5. The second-order valence-corrected chi connectivity index (χ2v) is 9.33. The molecule has 1 saturated carbocycles. The zero-order valence-corrected chi connectivity index (χ0v) is 19.2. The summed E-state index contributed by atoms with van der Waals surface area (Å²) in [5.41, 5.74) is 1.55. The van der Waals surface area contributed by atoms with Crippen molar-refractivity contribution in [3.63, 3.8) is 0 Å². The summed E-state index contributed by atoms with van der Waals surface area (Å²) >= 11 is 0. The minimum Gasteiger partial charge on any atom is -0.496 e. The second kappa shape index (κ2) is 9.76. The molecule has 2 aromatic carbocycles. The molecule has 1 aliphatic carbocycles. The lowest BCUT2D eigenvalue weighted by Gasteiger charge is -2.45. The van der Waals surface area contributed by atoms with Gasteiger partial charge in [0.1, 0.15) is 11.3 Å². The second-order valence-electron chi connectivity index (χ2n) is 9.33. The smallest absolute Gasteiger partial charge is 0.255 e. The molecule has 1 N–H and O–H groups in total. The summed E-state index contributed by atoms with van der Waals surface area (Å²) in [6.07, 6.45) is 8.57. The van der Waals surface area contributed by atoms with Gasteiger partial charge in [-0.15, -0.1) is 0 Å². The number of fused-ring (bicyclic) bond motifs is 1. The van der Waals surface area contributed by atoms with Gasteiger partial charge < -0.3 is 15.0 Å². The largest absolute Gasteiger partial charge is 0.496 e. The Morgan fingerprint density at radius 2 is 1.69 bits per heavy atom. The number of nitrogens with one attached hydrogen (secondary N) is 1. The number of carbonyl (C=O) groups excluding carboxylic acids is 2. The maximum atomic E-state index is 13.8. The van der Waals surface area contributed by atoms with Crippen molar-refractivity contribution in [1.29, 1.82) is 0 Å². The van der Waals surface area contributed by atoms with Crippen molar-refractivity contribution in [2.45, 2.75) is 76.4 Å². The number of hydrogen-bond donors (Lipinski definition) is 1. The van der Waals surface area contributed by atoms with E-state index in [0.29, 0.717) is 18.5 Å². The number of para-hydroxylation sites is 1. The van der Waals surface area contributed by atoms with Crippen LogP contribution in [-0.2, 0) is 17.8 Å². The van der Waals surface area contributed by atoms with Crippen molar-refractivity contribution in [2.24, 2.45) is 0 Å². The summed E-state index contributed by atoms with van der Waals surface area (Å²) in [5, 5.41) is 3.33. The summed E-state index contributed by atoms with van der Waals surface area (Å²) in [5.74, 6) is 0.566. The molecule has 0 radical (unpaired) electrons. The average molecular weight is 435 g/mol. The van der Waals surface area contributed by atoms with E-state index in [2.05, 4.69) is 5.32 Å². The number of benzene rings is 2. The minimum absolute atomic E-state index is 0.0548. The van der Waals surface area contributed by atoms with Crippen molar-refractivity contribution >= 4 is 11.8 Å². The molecule has 1 fully saturated rings. The molecule has 0 saturated heterocycles.